The summed E-state index contributed by atoms with van der Waals surface area (Å²) in [5, 5.41) is 3.69. The first-order chi connectivity index (χ1) is 10.7. The zero-order valence-electron chi connectivity index (χ0n) is 12.3. The van der Waals surface area contributed by atoms with Crippen LogP contribution < -0.4 is 5.32 Å². The topological polar surface area (TPSA) is 51.2 Å². The van der Waals surface area contributed by atoms with Crippen LogP contribution in [0.15, 0.2) is 42.7 Å². The minimum atomic E-state index is -0.0946. The molecule has 0 spiro atoms. The van der Waals surface area contributed by atoms with Gasteiger partial charge in [0.1, 0.15) is 0 Å². The molecule has 0 unspecified atom stereocenters. The summed E-state index contributed by atoms with van der Waals surface area (Å²) < 4.78 is 5.22. The molecule has 0 bridgehead atoms. The number of halogens is 1. The summed E-state index contributed by atoms with van der Waals surface area (Å²) in [6.45, 7) is 0. The maximum Gasteiger partial charge on any atom is 0.253 e. The van der Waals surface area contributed by atoms with E-state index < -0.39 is 0 Å². The number of carbonyl (C=O) groups excluding carboxylic acids is 1. The maximum atomic E-state index is 12.3. The van der Waals surface area contributed by atoms with Gasteiger partial charge in [0.25, 0.3) is 5.91 Å². The lowest BCUT2D eigenvalue weighted by molar-refractivity contribution is 0.0176. The first-order valence-electron chi connectivity index (χ1n) is 7.20. The lowest BCUT2D eigenvalue weighted by atomic mass is 9.89. The van der Waals surface area contributed by atoms with Crippen LogP contribution in [0, 0.1) is 0 Å². The van der Waals surface area contributed by atoms with Crippen LogP contribution in [-0.2, 0) is 4.74 Å². The second kappa shape index (κ2) is 6.46. The Morgan fingerprint density at radius 2 is 1.95 bits per heavy atom. The number of hydrogen-bond acceptors (Lipinski definition) is 3. The standard InChI is InChI=1S/C17H17ClN2O2/c1-22-16-7-15(8-16)20-17(21)13-6-12(9-19-10-13)11-2-4-14(18)5-3-11/h2-6,9-10,15-16H,7-8H2,1H3,(H,20,21). The molecule has 4 nitrogen and oxygen atoms in total. The quantitative estimate of drug-likeness (QED) is 0.941. The van der Waals surface area contributed by atoms with E-state index >= 15 is 0 Å². The van der Waals surface area contributed by atoms with Crippen molar-refractivity contribution in [3.05, 3.63) is 53.3 Å². The predicted octanol–water partition coefficient (Wildman–Crippen LogP) is 3.31. The molecule has 1 amide bonds. The third-order valence-electron chi connectivity index (χ3n) is 3.94. The van der Waals surface area contributed by atoms with Gasteiger partial charge < -0.3 is 10.1 Å². The van der Waals surface area contributed by atoms with Crippen molar-refractivity contribution < 1.29 is 9.53 Å². The molecule has 1 N–H and O–H groups in total. The molecule has 0 aliphatic heterocycles. The van der Waals surface area contributed by atoms with Crippen LogP contribution in [0.25, 0.3) is 11.1 Å². The zero-order chi connectivity index (χ0) is 15.5. The summed E-state index contributed by atoms with van der Waals surface area (Å²) in [6.07, 6.45) is 5.33. The molecule has 1 heterocycles. The van der Waals surface area contributed by atoms with Gasteiger partial charge in [-0.3, -0.25) is 9.78 Å². The van der Waals surface area contributed by atoms with Crippen molar-refractivity contribution in [2.75, 3.05) is 7.11 Å². The number of ether oxygens (including phenoxy) is 1. The van der Waals surface area contributed by atoms with Gasteiger partial charge >= 0.3 is 0 Å². The number of benzene rings is 1. The number of aromatic nitrogens is 1. The van der Waals surface area contributed by atoms with E-state index in [1.165, 1.54) is 0 Å². The molecule has 3 rings (SSSR count). The normalized spacial score (nSPS) is 20.3. The molecule has 0 atom stereocenters. The molecule has 1 aliphatic rings. The number of carbonyl (C=O) groups is 1. The molecule has 0 radical (unpaired) electrons. The van der Waals surface area contributed by atoms with Crippen molar-refractivity contribution in [1.29, 1.82) is 0 Å². The van der Waals surface area contributed by atoms with E-state index in [9.17, 15) is 4.79 Å². The van der Waals surface area contributed by atoms with E-state index in [1.54, 1.807) is 19.5 Å². The molecule has 1 aromatic carbocycles. The highest BCUT2D eigenvalue weighted by Crippen LogP contribution is 2.24. The van der Waals surface area contributed by atoms with E-state index in [0.29, 0.717) is 10.6 Å². The average molecular weight is 317 g/mol. The van der Waals surface area contributed by atoms with E-state index in [0.717, 1.165) is 24.0 Å². The van der Waals surface area contributed by atoms with E-state index in [1.807, 2.05) is 30.3 Å². The summed E-state index contributed by atoms with van der Waals surface area (Å²) in [7, 11) is 1.70. The number of methoxy groups -OCH3 is 1. The predicted molar refractivity (Wildman–Crippen MR) is 86.0 cm³/mol. The fourth-order valence-electron chi connectivity index (χ4n) is 2.51. The molecule has 114 valence electrons. The van der Waals surface area contributed by atoms with E-state index in [4.69, 9.17) is 16.3 Å². The van der Waals surface area contributed by atoms with Crippen molar-refractivity contribution in [3.8, 4) is 11.1 Å². The lowest BCUT2D eigenvalue weighted by Crippen LogP contribution is -2.47. The summed E-state index contributed by atoms with van der Waals surface area (Å²) in [4.78, 5) is 16.4. The Morgan fingerprint density at radius 1 is 1.23 bits per heavy atom. The Hall–Kier alpha value is -1.91. The highest BCUT2D eigenvalue weighted by molar-refractivity contribution is 6.30. The Bertz CT molecular complexity index is 667. The second-order valence-electron chi connectivity index (χ2n) is 5.47. The Labute approximate surface area is 134 Å². The Morgan fingerprint density at radius 3 is 2.64 bits per heavy atom. The number of nitrogens with zero attached hydrogens (tertiary/aromatic N) is 1. The minimum absolute atomic E-state index is 0.0946. The van der Waals surface area contributed by atoms with Gasteiger partial charge in [-0.2, -0.15) is 0 Å². The molecule has 1 aromatic heterocycles. The van der Waals surface area contributed by atoms with Crippen LogP contribution in [0.5, 0.6) is 0 Å². The molecule has 0 saturated heterocycles. The van der Waals surface area contributed by atoms with E-state index in [-0.39, 0.29) is 18.1 Å². The van der Waals surface area contributed by atoms with Crippen LogP contribution in [0.4, 0.5) is 0 Å². The SMILES string of the molecule is COC1CC(NC(=O)c2cncc(-c3ccc(Cl)cc3)c2)C1. The van der Waals surface area contributed by atoms with Crippen LogP contribution in [0.2, 0.25) is 5.02 Å². The molecular weight excluding hydrogens is 300 g/mol. The average Bonchev–Trinajstić information content (AvgIpc) is 2.51. The highest BCUT2D eigenvalue weighted by atomic mass is 35.5. The van der Waals surface area contributed by atoms with Gasteiger partial charge in [-0.15, -0.1) is 0 Å². The van der Waals surface area contributed by atoms with Crippen molar-refractivity contribution in [2.45, 2.75) is 25.0 Å². The van der Waals surface area contributed by atoms with Crippen molar-refractivity contribution in [3.63, 3.8) is 0 Å². The summed E-state index contributed by atoms with van der Waals surface area (Å²) >= 11 is 5.89. The molecule has 5 heteroatoms. The van der Waals surface area contributed by atoms with Gasteiger partial charge in [-0.05, 0) is 36.6 Å². The summed E-state index contributed by atoms with van der Waals surface area (Å²) in [5.74, 6) is -0.0946. The molecule has 1 aliphatic carbocycles. The molecular formula is C17H17ClN2O2. The molecule has 1 fully saturated rings. The Kier molecular flexibility index (Phi) is 4.41. The van der Waals surface area contributed by atoms with Crippen LogP contribution in [0.3, 0.4) is 0 Å². The highest BCUT2D eigenvalue weighted by Gasteiger charge is 2.30. The fraction of sp³-hybridized carbons (Fsp3) is 0.294. The number of nitrogens with one attached hydrogen (secondary N) is 1. The summed E-state index contributed by atoms with van der Waals surface area (Å²) in [6, 6.07) is 9.51. The van der Waals surface area contributed by atoms with Gasteiger partial charge in [0.05, 0.1) is 11.7 Å². The lowest BCUT2D eigenvalue weighted by Gasteiger charge is -2.34. The number of pyridine rings is 1. The van der Waals surface area contributed by atoms with Gasteiger partial charge in [0, 0.05) is 36.1 Å². The summed E-state index contributed by atoms with van der Waals surface area (Å²) in [5.41, 5.74) is 2.44. The minimum Gasteiger partial charge on any atom is -0.381 e. The monoisotopic (exact) mass is 316 g/mol. The second-order valence-corrected chi connectivity index (χ2v) is 5.91. The van der Waals surface area contributed by atoms with Crippen molar-refractivity contribution >= 4 is 17.5 Å². The molecule has 22 heavy (non-hydrogen) atoms. The van der Waals surface area contributed by atoms with Gasteiger partial charge in [0.15, 0.2) is 0 Å². The largest absolute Gasteiger partial charge is 0.381 e. The molecule has 1 saturated carbocycles. The number of rotatable bonds is 4. The third kappa shape index (κ3) is 3.29. The number of hydrogen-bond donors (Lipinski definition) is 1. The van der Waals surface area contributed by atoms with E-state index in [2.05, 4.69) is 10.3 Å². The smallest absolute Gasteiger partial charge is 0.253 e. The third-order valence-corrected chi connectivity index (χ3v) is 4.19. The van der Waals surface area contributed by atoms with Crippen molar-refractivity contribution in [1.82, 2.24) is 10.3 Å². The fourth-order valence-corrected chi connectivity index (χ4v) is 2.63. The Balaban J connectivity index is 1.71. The van der Waals surface area contributed by atoms with Gasteiger partial charge in [-0.25, -0.2) is 0 Å². The van der Waals surface area contributed by atoms with Gasteiger partial charge in [0.2, 0.25) is 0 Å². The van der Waals surface area contributed by atoms with Crippen LogP contribution in [0.1, 0.15) is 23.2 Å². The van der Waals surface area contributed by atoms with Crippen LogP contribution >= 0.6 is 11.6 Å². The van der Waals surface area contributed by atoms with Gasteiger partial charge in [-0.1, -0.05) is 23.7 Å². The van der Waals surface area contributed by atoms with Crippen molar-refractivity contribution in [2.24, 2.45) is 0 Å². The first kappa shape index (κ1) is 15.0. The maximum absolute atomic E-state index is 12.3. The number of amides is 1. The first-order valence-corrected chi connectivity index (χ1v) is 7.58. The molecule has 2 aromatic rings. The van der Waals surface area contributed by atoms with Crippen LogP contribution in [-0.4, -0.2) is 30.1 Å². The zero-order valence-corrected chi connectivity index (χ0v) is 13.0.